The summed E-state index contributed by atoms with van der Waals surface area (Å²) in [6, 6.07) is 9.51. The first kappa shape index (κ1) is 17.2. The molecule has 2 rings (SSSR count). The average molecular weight is 349 g/mol. The summed E-state index contributed by atoms with van der Waals surface area (Å²) < 4.78 is 5.42. The van der Waals surface area contributed by atoms with E-state index in [2.05, 4.69) is 15.5 Å². The summed E-state index contributed by atoms with van der Waals surface area (Å²) in [7, 11) is 0. The van der Waals surface area contributed by atoms with Crippen LogP contribution in [0.1, 0.15) is 12.5 Å². The first-order chi connectivity index (χ1) is 11.2. The zero-order valence-corrected chi connectivity index (χ0v) is 14.0. The molecule has 0 fully saturated rings. The highest BCUT2D eigenvalue weighted by Crippen LogP contribution is 2.25. The number of esters is 1. The predicted octanol–water partition coefficient (Wildman–Crippen LogP) is 2.85. The molecular weight excluding hydrogens is 334 g/mol. The van der Waals surface area contributed by atoms with Gasteiger partial charge in [-0.1, -0.05) is 53.4 Å². The predicted molar refractivity (Wildman–Crippen MR) is 91.4 cm³/mol. The van der Waals surface area contributed by atoms with Gasteiger partial charge in [-0.15, -0.1) is 10.2 Å². The zero-order valence-electron chi connectivity index (χ0n) is 12.4. The molecule has 1 amide bonds. The number of carbonyl (C=O) groups excluding carboxylic acids is 2. The molecular formula is C15H15N3O3S2. The Morgan fingerprint density at radius 2 is 2.09 bits per heavy atom. The van der Waals surface area contributed by atoms with Crippen molar-refractivity contribution >= 4 is 46.2 Å². The molecule has 120 valence electrons. The number of carbonyl (C=O) groups is 2. The molecule has 0 radical (unpaired) electrons. The van der Waals surface area contributed by atoms with Gasteiger partial charge < -0.3 is 4.74 Å². The number of hydrogen-bond acceptors (Lipinski definition) is 7. The number of nitrogens with zero attached hydrogens (tertiary/aromatic N) is 2. The van der Waals surface area contributed by atoms with E-state index in [1.165, 1.54) is 29.2 Å². The first-order valence-corrected chi connectivity index (χ1v) is 8.63. The van der Waals surface area contributed by atoms with Crippen LogP contribution in [0.2, 0.25) is 0 Å². The fourth-order valence-corrected chi connectivity index (χ4v) is 3.08. The second-order valence-corrected chi connectivity index (χ2v) is 6.40. The Labute approximate surface area is 142 Å². The van der Waals surface area contributed by atoms with Crippen LogP contribution in [0.3, 0.4) is 0 Å². The summed E-state index contributed by atoms with van der Waals surface area (Å²) >= 11 is 2.44. The molecule has 0 aliphatic rings. The van der Waals surface area contributed by atoms with Crippen LogP contribution in [0.25, 0.3) is 6.08 Å². The van der Waals surface area contributed by atoms with Crippen LogP contribution in [-0.4, -0.2) is 34.4 Å². The lowest BCUT2D eigenvalue weighted by atomic mass is 10.2. The Hall–Kier alpha value is -2.19. The van der Waals surface area contributed by atoms with Crippen molar-refractivity contribution in [2.45, 2.75) is 11.3 Å². The van der Waals surface area contributed by atoms with Crippen LogP contribution in [0.15, 0.2) is 40.7 Å². The number of benzene rings is 1. The molecule has 1 heterocycles. The molecule has 0 saturated heterocycles. The van der Waals surface area contributed by atoms with Crippen LogP contribution in [-0.2, 0) is 14.3 Å². The van der Waals surface area contributed by atoms with E-state index < -0.39 is 0 Å². The molecule has 0 atom stereocenters. The smallest absolute Gasteiger partial charge is 0.316 e. The van der Waals surface area contributed by atoms with Gasteiger partial charge in [-0.25, -0.2) is 0 Å². The van der Waals surface area contributed by atoms with E-state index in [0.29, 0.717) is 16.1 Å². The molecule has 23 heavy (non-hydrogen) atoms. The van der Waals surface area contributed by atoms with Gasteiger partial charge in [-0.3, -0.25) is 14.9 Å². The van der Waals surface area contributed by atoms with Crippen molar-refractivity contribution in [2.75, 3.05) is 17.7 Å². The number of thioether (sulfide) groups is 1. The number of anilines is 1. The van der Waals surface area contributed by atoms with Crippen molar-refractivity contribution < 1.29 is 14.3 Å². The number of aromatic nitrogens is 2. The third kappa shape index (κ3) is 6.21. The first-order valence-electron chi connectivity index (χ1n) is 6.83. The van der Waals surface area contributed by atoms with Gasteiger partial charge in [-0.05, 0) is 18.6 Å². The Bertz CT molecular complexity index is 686. The number of amides is 1. The van der Waals surface area contributed by atoms with E-state index in [1.807, 2.05) is 30.3 Å². The van der Waals surface area contributed by atoms with Gasteiger partial charge in [0.1, 0.15) is 0 Å². The molecule has 1 N–H and O–H groups in total. The summed E-state index contributed by atoms with van der Waals surface area (Å²) in [5.74, 6) is -0.416. The van der Waals surface area contributed by atoms with E-state index in [9.17, 15) is 9.59 Å². The van der Waals surface area contributed by atoms with Gasteiger partial charge >= 0.3 is 5.97 Å². The Morgan fingerprint density at radius 1 is 1.30 bits per heavy atom. The molecule has 0 bridgehead atoms. The summed E-state index contributed by atoms with van der Waals surface area (Å²) in [6.07, 6.45) is 3.15. The Morgan fingerprint density at radius 3 is 2.83 bits per heavy atom. The Kier molecular flexibility index (Phi) is 6.76. The van der Waals surface area contributed by atoms with Gasteiger partial charge in [0.2, 0.25) is 11.0 Å². The van der Waals surface area contributed by atoms with Gasteiger partial charge in [0.05, 0.1) is 12.4 Å². The highest BCUT2D eigenvalue weighted by molar-refractivity contribution is 8.01. The maximum absolute atomic E-state index is 11.8. The van der Waals surface area contributed by atoms with Crippen molar-refractivity contribution in [2.24, 2.45) is 0 Å². The van der Waals surface area contributed by atoms with E-state index >= 15 is 0 Å². The van der Waals surface area contributed by atoms with Crippen molar-refractivity contribution in [1.82, 2.24) is 10.2 Å². The number of nitrogens with one attached hydrogen (secondary N) is 1. The molecule has 6 nitrogen and oxygen atoms in total. The van der Waals surface area contributed by atoms with Crippen LogP contribution in [0.4, 0.5) is 5.13 Å². The van der Waals surface area contributed by atoms with Crippen molar-refractivity contribution in [3.05, 3.63) is 42.0 Å². The lowest BCUT2D eigenvalue weighted by Gasteiger charge is -1.98. The minimum Gasteiger partial charge on any atom is -0.465 e. The standard InChI is InChI=1S/C15H15N3O3S2/c1-2-21-13(20)10-22-15-18-17-14(23-15)16-12(19)9-8-11-6-4-3-5-7-11/h3-9H,2,10H2,1H3,(H,16,17,19). The van der Waals surface area contributed by atoms with Gasteiger partial charge in [0.25, 0.3) is 0 Å². The second kappa shape index (κ2) is 9.06. The zero-order chi connectivity index (χ0) is 16.5. The molecule has 0 aliphatic heterocycles. The van der Waals surface area contributed by atoms with Gasteiger partial charge in [0, 0.05) is 6.08 Å². The monoisotopic (exact) mass is 349 g/mol. The maximum atomic E-state index is 11.8. The van der Waals surface area contributed by atoms with Crippen LogP contribution in [0, 0.1) is 0 Å². The lowest BCUT2D eigenvalue weighted by Crippen LogP contribution is -2.07. The lowest BCUT2D eigenvalue weighted by molar-refractivity contribution is -0.139. The quantitative estimate of drug-likeness (QED) is 0.358. The normalized spacial score (nSPS) is 10.7. The van der Waals surface area contributed by atoms with Crippen molar-refractivity contribution in [3.8, 4) is 0 Å². The third-order valence-electron chi connectivity index (χ3n) is 2.48. The SMILES string of the molecule is CCOC(=O)CSc1nnc(NC(=O)C=Cc2ccccc2)s1. The fraction of sp³-hybridized carbons (Fsp3) is 0.200. The van der Waals surface area contributed by atoms with E-state index in [4.69, 9.17) is 4.74 Å². The number of ether oxygens (including phenoxy) is 1. The summed E-state index contributed by atoms with van der Waals surface area (Å²) in [6.45, 7) is 2.11. The summed E-state index contributed by atoms with van der Waals surface area (Å²) in [5.41, 5.74) is 0.936. The molecule has 0 aliphatic carbocycles. The second-order valence-electron chi connectivity index (χ2n) is 4.20. The van der Waals surface area contributed by atoms with Crippen molar-refractivity contribution in [1.29, 1.82) is 0 Å². The third-order valence-corrected chi connectivity index (χ3v) is 4.43. The van der Waals surface area contributed by atoms with Gasteiger partial charge in [0.15, 0.2) is 4.34 Å². The van der Waals surface area contributed by atoms with Crippen LogP contribution < -0.4 is 5.32 Å². The van der Waals surface area contributed by atoms with E-state index in [-0.39, 0.29) is 17.6 Å². The highest BCUT2D eigenvalue weighted by atomic mass is 32.2. The Balaban J connectivity index is 1.83. The number of rotatable bonds is 7. The molecule has 8 heteroatoms. The maximum Gasteiger partial charge on any atom is 0.316 e. The van der Waals surface area contributed by atoms with Crippen LogP contribution >= 0.6 is 23.1 Å². The van der Waals surface area contributed by atoms with E-state index in [1.54, 1.807) is 13.0 Å². The highest BCUT2D eigenvalue weighted by Gasteiger charge is 2.09. The van der Waals surface area contributed by atoms with Crippen molar-refractivity contribution in [3.63, 3.8) is 0 Å². The minimum absolute atomic E-state index is 0.171. The minimum atomic E-state index is -0.302. The average Bonchev–Trinajstić information content (AvgIpc) is 3.00. The topological polar surface area (TPSA) is 81.2 Å². The molecule has 0 saturated carbocycles. The van der Waals surface area contributed by atoms with E-state index in [0.717, 1.165) is 5.56 Å². The molecule has 2 aromatic rings. The fourth-order valence-electron chi connectivity index (χ4n) is 1.53. The van der Waals surface area contributed by atoms with Crippen LogP contribution in [0.5, 0.6) is 0 Å². The van der Waals surface area contributed by atoms with Gasteiger partial charge in [-0.2, -0.15) is 0 Å². The molecule has 1 aromatic carbocycles. The summed E-state index contributed by atoms with van der Waals surface area (Å²) in [4.78, 5) is 23.1. The molecule has 1 aromatic heterocycles. The molecule has 0 unspecified atom stereocenters. The molecule has 0 spiro atoms. The summed E-state index contributed by atoms with van der Waals surface area (Å²) in [5, 5.41) is 10.8. The largest absolute Gasteiger partial charge is 0.465 e. The number of hydrogen-bond donors (Lipinski definition) is 1.